The molecule has 2 heteroatoms. The molecule has 1 rings (SSSR count). The van der Waals surface area contributed by atoms with Crippen molar-refractivity contribution in [3.8, 4) is 0 Å². The maximum Gasteiger partial charge on any atom is 0.0320 e. The van der Waals surface area contributed by atoms with Gasteiger partial charge in [0.25, 0.3) is 0 Å². The van der Waals surface area contributed by atoms with Gasteiger partial charge in [-0.2, -0.15) is 11.8 Å². The molecule has 0 saturated carbocycles. The highest BCUT2D eigenvalue weighted by atomic mass is 32.2. The van der Waals surface area contributed by atoms with Crippen molar-refractivity contribution in [1.29, 1.82) is 0 Å². The van der Waals surface area contributed by atoms with Gasteiger partial charge in [0, 0.05) is 24.1 Å². The van der Waals surface area contributed by atoms with E-state index < -0.39 is 0 Å². The number of rotatable bonds is 10. The molecule has 0 heterocycles. The third kappa shape index (κ3) is 6.27. The topological polar surface area (TPSA) is 12.0 Å². The molecule has 0 amide bonds. The zero-order valence-electron chi connectivity index (χ0n) is 11.4. The minimum absolute atomic E-state index is 0.510. The molecule has 0 fully saturated rings. The van der Waals surface area contributed by atoms with E-state index in [1.807, 2.05) is 17.8 Å². The van der Waals surface area contributed by atoms with Crippen molar-refractivity contribution in [3.63, 3.8) is 0 Å². The van der Waals surface area contributed by atoms with Crippen LogP contribution in [0.25, 0.3) is 0 Å². The van der Waals surface area contributed by atoms with Gasteiger partial charge in [-0.3, -0.25) is 0 Å². The van der Waals surface area contributed by atoms with Gasteiger partial charge in [-0.25, -0.2) is 0 Å². The van der Waals surface area contributed by atoms with E-state index in [4.69, 9.17) is 0 Å². The second-order valence-electron chi connectivity index (χ2n) is 4.42. The summed E-state index contributed by atoms with van der Waals surface area (Å²) in [6.07, 6.45) is 5.74. The van der Waals surface area contributed by atoms with Crippen LogP contribution in [0.1, 0.15) is 37.8 Å². The van der Waals surface area contributed by atoms with Gasteiger partial charge in [-0.1, -0.05) is 56.2 Å². The lowest BCUT2D eigenvalue weighted by atomic mass is 10.0. The summed E-state index contributed by atoms with van der Waals surface area (Å²) in [7, 11) is 0. The third-order valence-corrected chi connectivity index (χ3v) is 3.89. The summed E-state index contributed by atoms with van der Waals surface area (Å²) < 4.78 is 0. The average molecular weight is 263 g/mol. The molecule has 0 aliphatic carbocycles. The standard InChI is InChI=1S/C16H25NS/c1-3-5-11-16(15-9-7-6-8-10-15)17-12-14-18-13-4-2/h4,6-10,16-17H,2-3,5,11-14H2,1H3. The van der Waals surface area contributed by atoms with Gasteiger partial charge < -0.3 is 5.32 Å². The van der Waals surface area contributed by atoms with Crippen LogP contribution in [0.3, 0.4) is 0 Å². The van der Waals surface area contributed by atoms with Gasteiger partial charge >= 0.3 is 0 Å². The molecule has 0 aliphatic heterocycles. The Labute approximate surface area is 116 Å². The van der Waals surface area contributed by atoms with Crippen LogP contribution in [-0.4, -0.2) is 18.1 Å². The van der Waals surface area contributed by atoms with E-state index in [0.29, 0.717) is 6.04 Å². The molecule has 1 atom stereocenters. The van der Waals surface area contributed by atoms with E-state index in [-0.39, 0.29) is 0 Å². The maximum atomic E-state index is 3.74. The first-order valence-electron chi connectivity index (χ1n) is 6.85. The molecule has 0 bridgehead atoms. The van der Waals surface area contributed by atoms with Crippen LogP contribution in [0.5, 0.6) is 0 Å². The SMILES string of the molecule is C=CCSCCNC(CCCC)c1ccccc1. The Morgan fingerprint density at radius 2 is 2.11 bits per heavy atom. The summed E-state index contributed by atoms with van der Waals surface area (Å²) in [5, 5.41) is 3.67. The Morgan fingerprint density at radius 1 is 1.33 bits per heavy atom. The van der Waals surface area contributed by atoms with Crippen LogP contribution < -0.4 is 5.32 Å². The molecule has 0 aromatic heterocycles. The van der Waals surface area contributed by atoms with Crippen LogP contribution in [0.4, 0.5) is 0 Å². The minimum Gasteiger partial charge on any atom is -0.309 e. The Balaban J connectivity index is 2.38. The number of unbranched alkanes of at least 4 members (excludes halogenated alkanes) is 1. The molecule has 0 aliphatic rings. The number of nitrogens with one attached hydrogen (secondary N) is 1. The van der Waals surface area contributed by atoms with E-state index in [2.05, 4.69) is 49.2 Å². The van der Waals surface area contributed by atoms with Crippen LogP contribution in [0.15, 0.2) is 43.0 Å². The molecule has 1 aromatic rings. The Bertz CT molecular complexity index is 310. The molecule has 1 N–H and O–H groups in total. The summed E-state index contributed by atoms with van der Waals surface area (Å²) in [6.45, 7) is 7.06. The zero-order valence-corrected chi connectivity index (χ0v) is 12.2. The van der Waals surface area contributed by atoms with E-state index >= 15 is 0 Å². The lowest BCUT2D eigenvalue weighted by Gasteiger charge is -2.19. The third-order valence-electron chi connectivity index (χ3n) is 2.92. The molecular formula is C16H25NS. The van der Waals surface area contributed by atoms with Gasteiger partial charge in [0.15, 0.2) is 0 Å². The molecule has 1 aromatic carbocycles. The van der Waals surface area contributed by atoms with E-state index in [9.17, 15) is 0 Å². The Morgan fingerprint density at radius 3 is 2.78 bits per heavy atom. The fourth-order valence-corrected chi connectivity index (χ4v) is 2.55. The lowest BCUT2D eigenvalue weighted by Crippen LogP contribution is -2.23. The number of benzene rings is 1. The molecule has 0 spiro atoms. The minimum atomic E-state index is 0.510. The van der Waals surface area contributed by atoms with Crippen LogP contribution in [0.2, 0.25) is 0 Å². The van der Waals surface area contributed by atoms with Gasteiger partial charge in [0.05, 0.1) is 0 Å². The first-order valence-corrected chi connectivity index (χ1v) is 8.01. The predicted molar refractivity (Wildman–Crippen MR) is 84.2 cm³/mol. The Kier molecular flexibility index (Phi) is 8.70. The highest BCUT2D eigenvalue weighted by molar-refractivity contribution is 7.99. The summed E-state index contributed by atoms with van der Waals surface area (Å²) >= 11 is 1.93. The first kappa shape index (κ1) is 15.3. The first-order chi connectivity index (χ1) is 8.88. The van der Waals surface area contributed by atoms with E-state index in [1.165, 1.54) is 24.8 Å². The molecule has 0 radical (unpaired) electrons. The summed E-state index contributed by atoms with van der Waals surface area (Å²) in [4.78, 5) is 0. The predicted octanol–water partition coefficient (Wildman–Crippen LogP) is 4.43. The van der Waals surface area contributed by atoms with Crippen molar-refractivity contribution in [2.45, 2.75) is 32.2 Å². The van der Waals surface area contributed by atoms with Crippen molar-refractivity contribution in [3.05, 3.63) is 48.6 Å². The highest BCUT2D eigenvalue weighted by Crippen LogP contribution is 2.19. The fourth-order valence-electron chi connectivity index (χ4n) is 1.95. The van der Waals surface area contributed by atoms with Crippen molar-refractivity contribution < 1.29 is 0 Å². The Hall–Kier alpha value is -0.730. The van der Waals surface area contributed by atoms with Gasteiger partial charge in [0.2, 0.25) is 0 Å². The molecule has 100 valence electrons. The molecular weight excluding hydrogens is 238 g/mol. The smallest absolute Gasteiger partial charge is 0.0320 e. The normalized spacial score (nSPS) is 12.3. The number of hydrogen-bond acceptors (Lipinski definition) is 2. The second-order valence-corrected chi connectivity index (χ2v) is 5.57. The van der Waals surface area contributed by atoms with Crippen LogP contribution in [0, 0.1) is 0 Å². The molecule has 1 unspecified atom stereocenters. The van der Waals surface area contributed by atoms with Gasteiger partial charge in [-0.05, 0) is 12.0 Å². The fraction of sp³-hybridized carbons (Fsp3) is 0.500. The van der Waals surface area contributed by atoms with E-state index in [1.54, 1.807) is 0 Å². The molecule has 0 saturated heterocycles. The monoisotopic (exact) mass is 263 g/mol. The van der Waals surface area contributed by atoms with Crippen molar-refractivity contribution >= 4 is 11.8 Å². The van der Waals surface area contributed by atoms with Crippen molar-refractivity contribution in [2.75, 3.05) is 18.1 Å². The lowest BCUT2D eigenvalue weighted by molar-refractivity contribution is 0.496. The average Bonchev–Trinajstić information content (AvgIpc) is 2.43. The van der Waals surface area contributed by atoms with Crippen molar-refractivity contribution in [2.24, 2.45) is 0 Å². The highest BCUT2D eigenvalue weighted by Gasteiger charge is 2.09. The largest absolute Gasteiger partial charge is 0.309 e. The maximum absolute atomic E-state index is 3.74. The van der Waals surface area contributed by atoms with Crippen LogP contribution >= 0.6 is 11.8 Å². The van der Waals surface area contributed by atoms with Crippen molar-refractivity contribution in [1.82, 2.24) is 5.32 Å². The van der Waals surface area contributed by atoms with Gasteiger partial charge in [0.1, 0.15) is 0 Å². The van der Waals surface area contributed by atoms with Gasteiger partial charge in [-0.15, -0.1) is 6.58 Å². The second kappa shape index (κ2) is 10.2. The quantitative estimate of drug-likeness (QED) is 0.495. The summed E-state index contributed by atoms with van der Waals surface area (Å²) in [5.74, 6) is 2.20. The molecule has 18 heavy (non-hydrogen) atoms. The number of thioether (sulfide) groups is 1. The van der Waals surface area contributed by atoms with Crippen LogP contribution in [-0.2, 0) is 0 Å². The summed E-state index contributed by atoms with van der Waals surface area (Å²) in [5.41, 5.74) is 1.42. The van der Waals surface area contributed by atoms with E-state index in [0.717, 1.165) is 18.1 Å². The molecule has 1 nitrogen and oxygen atoms in total. The summed E-state index contributed by atoms with van der Waals surface area (Å²) in [6, 6.07) is 11.3. The number of hydrogen-bond donors (Lipinski definition) is 1. The zero-order chi connectivity index (χ0) is 13.1.